The third kappa shape index (κ3) is 2.54. The highest BCUT2D eigenvalue weighted by molar-refractivity contribution is 7.98. The summed E-state index contributed by atoms with van der Waals surface area (Å²) in [4.78, 5) is 17.4. The molecule has 0 aliphatic heterocycles. The van der Waals surface area contributed by atoms with Gasteiger partial charge < -0.3 is 5.11 Å². The molecule has 0 unspecified atom stereocenters. The number of phenolic OH excluding ortho intramolecular Hbond substituents is 1. The van der Waals surface area contributed by atoms with Gasteiger partial charge in [0.1, 0.15) is 10.8 Å². The molecule has 0 radical (unpaired) electrons. The van der Waals surface area contributed by atoms with Crippen molar-refractivity contribution in [3.63, 3.8) is 0 Å². The Morgan fingerprint density at radius 3 is 3.00 bits per heavy atom. The fourth-order valence-corrected chi connectivity index (χ4v) is 3.62. The molecule has 1 aromatic carbocycles. The van der Waals surface area contributed by atoms with E-state index in [2.05, 4.69) is 10.1 Å². The van der Waals surface area contributed by atoms with Gasteiger partial charge in [0.15, 0.2) is 0 Å². The average Bonchev–Trinajstić information content (AvgIpc) is 2.81. The van der Waals surface area contributed by atoms with E-state index >= 15 is 0 Å². The van der Waals surface area contributed by atoms with E-state index in [-0.39, 0.29) is 11.3 Å². The van der Waals surface area contributed by atoms with E-state index in [4.69, 9.17) is 0 Å². The number of benzene rings is 1. The standard InChI is InChI=1S/C13H11N3O2S2/c1-8-6-12(18)16-13(14-8)20-11(15-16)7-19-10-5-3-2-4-9(10)17/h2-6,17H,7H2,1H3. The lowest BCUT2D eigenvalue weighted by atomic mass is 10.3. The first kappa shape index (κ1) is 13.1. The van der Waals surface area contributed by atoms with Crippen molar-refractivity contribution < 1.29 is 5.11 Å². The maximum absolute atomic E-state index is 11.8. The van der Waals surface area contributed by atoms with E-state index in [1.54, 1.807) is 19.1 Å². The van der Waals surface area contributed by atoms with E-state index in [0.29, 0.717) is 16.4 Å². The molecule has 0 saturated heterocycles. The molecule has 3 aromatic rings. The molecule has 0 spiro atoms. The maximum atomic E-state index is 11.8. The van der Waals surface area contributed by atoms with Crippen LogP contribution in [-0.4, -0.2) is 19.7 Å². The molecule has 0 aliphatic rings. The SMILES string of the molecule is Cc1cc(=O)n2nc(CSc3ccccc3O)sc2n1. The van der Waals surface area contributed by atoms with Crippen LogP contribution in [0, 0.1) is 6.92 Å². The van der Waals surface area contributed by atoms with Crippen LogP contribution in [0.3, 0.4) is 0 Å². The van der Waals surface area contributed by atoms with E-state index in [1.807, 2.05) is 12.1 Å². The summed E-state index contributed by atoms with van der Waals surface area (Å²) in [5.74, 6) is 0.842. The number of phenols is 1. The molecule has 0 bridgehead atoms. The van der Waals surface area contributed by atoms with Crippen molar-refractivity contribution in [3.05, 3.63) is 51.4 Å². The van der Waals surface area contributed by atoms with Gasteiger partial charge in [-0.2, -0.15) is 9.61 Å². The van der Waals surface area contributed by atoms with Gasteiger partial charge in [-0.1, -0.05) is 23.5 Å². The largest absolute Gasteiger partial charge is 0.507 e. The van der Waals surface area contributed by atoms with Crippen LogP contribution in [0.25, 0.3) is 4.96 Å². The zero-order chi connectivity index (χ0) is 14.1. The summed E-state index contributed by atoms with van der Waals surface area (Å²) in [6.45, 7) is 1.79. The summed E-state index contributed by atoms with van der Waals surface area (Å²) in [7, 11) is 0. The minimum atomic E-state index is -0.164. The number of para-hydroxylation sites is 1. The van der Waals surface area contributed by atoms with Gasteiger partial charge >= 0.3 is 0 Å². The van der Waals surface area contributed by atoms with Gasteiger partial charge in [-0.25, -0.2) is 4.98 Å². The topological polar surface area (TPSA) is 67.5 Å². The molecule has 3 rings (SSSR count). The van der Waals surface area contributed by atoms with Crippen LogP contribution in [0.4, 0.5) is 0 Å². The Hall–Kier alpha value is -1.86. The van der Waals surface area contributed by atoms with E-state index in [9.17, 15) is 9.90 Å². The quantitative estimate of drug-likeness (QED) is 0.753. The van der Waals surface area contributed by atoms with Crippen molar-refractivity contribution in [2.45, 2.75) is 17.6 Å². The van der Waals surface area contributed by atoms with E-state index < -0.39 is 0 Å². The lowest BCUT2D eigenvalue weighted by Gasteiger charge is -2.00. The second kappa shape index (κ2) is 5.26. The number of rotatable bonds is 3. The Labute approximate surface area is 122 Å². The van der Waals surface area contributed by atoms with Crippen molar-refractivity contribution in [1.82, 2.24) is 14.6 Å². The first-order chi connectivity index (χ1) is 9.63. The summed E-state index contributed by atoms with van der Waals surface area (Å²) in [6.07, 6.45) is 0. The second-order valence-electron chi connectivity index (χ2n) is 4.18. The molecule has 1 N–H and O–H groups in total. The van der Waals surface area contributed by atoms with Crippen molar-refractivity contribution in [3.8, 4) is 5.75 Å². The Morgan fingerprint density at radius 2 is 2.20 bits per heavy atom. The first-order valence-corrected chi connectivity index (χ1v) is 7.71. The van der Waals surface area contributed by atoms with Crippen molar-refractivity contribution in [2.75, 3.05) is 0 Å². The van der Waals surface area contributed by atoms with Crippen LogP contribution in [0.2, 0.25) is 0 Å². The zero-order valence-corrected chi connectivity index (χ0v) is 12.2. The van der Waals surface area contributed by atoms with Gasteiger partial charge in [-0.3, -0.25) is 4.79 Å². The number of hydrogen-bond acceptors (Lipinski definition) is 6. The van der Waals surface area contributed by atoms with E-state index in [0.717, 1.165) is 9.90 Å². The van der Waals surface area contributed by atoms with Crippen molar-refractivity contribution >= 4 is 28.1 Å². The van der Waals surface area contributed by atoms with Gasteiger partial charge in [-0.15, -0.1) is 11.8 Å². The smallest absolute Gasteiger partial charge is 0.275 e. The highest BCUT2D eigenvalue weighted by atomic mass is 32.2. The minimum absolute atomic E-state index is 0.164. The predicted octanol–water partition coefficient (Wildman–Crippen LogP) is 2.46. The second-order valence-corrected chi connectivity index (χ2v) is 6.24. The monoisotopic (exact) mass is 305 g/mol. The molecule has 2 heterocycles. The molecule has 0 aliphatic carbocycles. The number of thioether (sulfide) groups is 1. The number of aromatic nitrogens is 3. The van der Waals surface area contributed by atoms with Gasteiger partial charge in [0, 0.05) is 16.7 Å². The normalized spacial score (nSPS) is 11.1. The molecule has 0 saturated carbocycles. The number of aromatic hydroxyl groups is 1. The Bertz CT molecular complexity index is 826. The Kier molecular flexibility index (Phi) is 3.45. The summed E-state index contributed by atoms with van der Waals surface area (Å²) < 4.78 is 1.32. The first-order valence-electron chi connectivity index (χ1n) is 5.91. The average molecular weight is 305 g/mol. The lowest BCUT2D eigenvalue weighted by Crippen LogP contribution is -2.14. The van der Waals surface area contributed by atoms with Gasteiger partial charge in [0.25, 0.3) is 5.56 Å². The molecule has 5 nitrogen and oxygen atoms in total. The van der Waals surface area contributed by atoms with Gasteiger partial charge in [0.05, 0.1) is 5.75 Å². The number of fused-ring (bicyclic) bond motifs is 1. The van der Waals surface area contributed by atoms with Crippen LogP contribution >= 0.6 is 23.1 Å². The predicted molar refractivity (Wildman–Crippen MR) is 79.5 cm³/mol. The lowest BCUT2D eigenvalue weighted by molar-refractivity contribution is 0.462. The Balaban J connectivity index is 1.87. The molecular formula is C13H11N3O2S2. The fraction of sp³-hybridized carbons (Fsp3) is 0.154. The minimum Gasteiger partial charge on any atom is -0.507 e. The molecule has 20 heavy (non-hydrogen) atoms. The van der Waals surface area contributed by atoms with E-state index in [1.165, 1.54) is 33.7 Å². The summed E-state index contributed by atoms with van der Waals surface area (Å²) >= 11 is 2.87. The molecule has 0 atom stereocenters. The number of aryl methyl sites for hydroxylation is 1. The summed E-state index contributed by atoms with van der Waals surface area (Å²) in [5, 5.41) is 14.8. The van der Waals surface area contributed by atoms with Crippen LogP contribution in [0.1, 0.15) is 10.7 Å². The third-order valence-corrected chi connectivity index (χ3v) is 4.80. The zero-order valence-electron chi connectivity index (χ0n) is 10.6. The van der Waals surface area contributed by atoms with Crippen LogP contribution in [-0.2, 0) is 5.75 Å². The summed E-state index contributed by atoms with van der Waals surface area (Å²) in [6, 6.07) is 8.61. The van der Waals surface area contributed by atoms with Crippen LogP contribution in [0.5, 0.6) is 5.75 Å². The van der Waals surface area contributed by atoms with Crippen molar-refractivity contribution in [2.24, 2.45) is 0 Å². The summed E-state index contributed by atoms with van der Waals surface area (Å²) in [5.41, 5.74) is 0.529. The molecule has 102 valence electrons. The molecule has 7 heteroatoms. The third-order valence-electron chi connectivity index (χ3n) is 2.63. The highest BCUT2D eigenvalue weighted by Crippen LogP contribution is 2.31. The highest BCUT2D eigenvalue weighted by Gasteiger charge is 2.09. The molecular weight excluding hydrogens is 294 g/mol. The number of hydrogen-bond donors (Lipinski definition) is 1. The van der Waals surface area contributed by atoms with Crippen LogP contribution in [0.15, 0.2) is 40.0 Å². The Morgan fingerprint density at radius 1 is 1.40 bits per heavy atom. The number of nitrogens with zero attached hydrogens (tertiary/aromatic N) is 3. The maximum Gasteiger partial charge on any atom is 0.275 e. The fourth-order valence-electron chi connectivity index (χ4n) is 1.74. The molecule has 2 aromatic heterocycles. The van der Waals surface area contributed by atoms with Crippen molar-refractivity contribution in [1.29, 1.82) is 0 Å². The van der Waals surface area contributed by atoms with Gasteiger partial charge in [0.2, 0.25) is 4.96 Å². The van der Waals surface area contributed by atoms with Gasteiger partial charge in [-0.05, 0) is 19.1 Å². The van der Waals surface area contributed by atoms with Crippen LogP contribution < -0.4 is 5.56 Å². The molecule has 0 amide bonds. The molecule has 0 fully saturated rings.